The predicted octanol–water partition coefficient (Wildman–Crippen LogP) is 3.48. The van der Waals surface area contributed by atoms with Gasteiger partial charge in [0.15, 0.2) is 0 Å². The van der Waals surface area contributed by atoms with Gasteiger partial charge in [0.05, 0.1) is 9.82 Å². The van der Waals surface area contributed by atoms with Crippen LogP contribution < -0.4 is 5.73 Å². The first-order valence-corrected chi connectivity index (χ1v) is 9.32. The van der Waals surface area contributed by atoms with Crippen molar-refractivity contribution in [2.75, 3.05) is 19.6 Å². The molecule has 0 aromatic heterocycles. The molecule has 1 fully saturated rings. The molecule has 1 aliphatic heterocycles. The second kappa shape index (κ2) is 7.88. The van der Waals surface area contributed by atoms with E-state index in [4.69, 9.17) is 5.73 Å². The molecule has 0 aliphatic carbocycles. The van der Waals surface area contributed by atoms with E-state index in [1.807, 2.05) is 31.2 Å². The minimum absolute atomic E-state index is 0.0454. The van der Waals surface area contributed by atoms with Crippen LogP contribution in [0.5, 0.6) is 0 Å². The number of benzene rings is 2. The molecule has 1 unspecified atom stereocenters. The molecule has 1 aliphatic rings. The van der Waals surface area contributed by atoms with E-state index in [2.05, 4.69) is 0 Å². The highest BCUT2D eigenvalue weighted by atomic mass is 32.2. The maximum Gasteiger partial charge on any atom is 0.284 e. The summed E-state index contributed by atoms with van der Waals surface area (Å²) in [5.41, 5.74) is 7.11. The number of hydrogen-bond donors (Lipinski definition) is 1. The number of likely N-dealkylation sites (tertiary alicyclic amines) is 1. The minimum Gasteiger partial charge on any atom is -0.338 e. The zero-order chi connectivity index (χ0) is 18.7. The quantitative estimate of drug-likeness (QED) is 0.642. The molecule has 1 heterocycles. The summed E-state index contributed by atoms with van der Waals surface area (Å²) in [6, 6.07) is 12.5. The van der Waals surface area contributed by atoms with E-state index < -0.39 is 4.92 Å². The van der Waals surface area contributed by atoms with Gasteiger partial charge in [0.1, 0.15) is 0 Å². The van der Waals surface area contributed by atoms with Crippen molar-refractivity contribution in [2.24, 2.45) is 11.7 Å². The van der Waals surface area contributed by atoms with Crippen molar-refractivity contribution in [1.82, 2.24) is 4.90 Å². The lowest BCUT2D eigenvalue weighted by molar-refractivity contribution is -0.387. The minimum atomic E-state index is -0.431. The van der Waals surface area contributed by atoms with Gasteiger partial charge in [-0.2, -0.15) is 0 Å². The summed E-state index contributed by atoms with van der Waals surface area (Å²) in [5, 5.41) is 11.5. The Morgan fingerprint density at radius 2 is 2.04 bits per heavy atom. The number of aryl methyl sites for hydroxylation is 1. The molecule has 6 nitrogen and oxygen atoms in total. The third-order valence-corrected chi connectivity index (χ3v) is 5.63. The van der Waals surface area contributed by atoms with Crippen LogP contribution in [0.2, 0.25) is 0 Å². The molecule has 7 heteroatoms. The number of rotatable bonds is 5. The Balaban J connectivity index is 1.83. The number of nitro groups is 1. The first-order valence-electron chi connectivity index (χ1n) is 8.50. The summed E-state index contributed by atoms with van der Waals surface area (Å²) in [4.78, 5) is 26.9. The first kappa shape index (κ1) is 18.4. The standard InChI is InChI=1S/C19H21N3O3S/c1-13-2-5-16(6-3-13)26-18-7-4-15(10-17(18)22(24)25)19(23)21-9-8-14(11-20)12-21/h2-7,10,14H,8-9,11-12,20H2,1H3. The van der Waals surface area contributed by atoms with Crippen LogP contribution >= 0.6 is 11.8 Å². The summed E-state index contributed by atoms with van der Waals surface area (Å²) >= 11 is 1.32. The van der Waals surface area contributed by atoms with Gasteiger partial charge >= 0.3 is 0 Å². The molecular weight excluding hydrogens is 350 g/mol. The Morgan fingerprint density at radius 3 is 2.65 bits per heavy atom. The molecular formula is C19H21N3O3S. The van der Waals surface area contributed by atoms with Gasteiger partial charge in [-0.1, -0.05) is 29.5 Å². The van der Waals surface area contributed by atoms with Gasteiger partial charge in [0.25, 0.3) is 11.6 Å². The molecule has 0 saturated carbocycles. The summed E-state index contributed by atoms with van der Waals surface area (Å²) < 4.78 is 0. The molecule has 26 heavy (non-hydrogen) atoms. The monoisotopic (exact) mass is 371 g/mol. The van der Waals surface area contributed by atoms with E-state index in [1.165, 1.54) is 17.8 Å². The van der Waals surface area contributed by atoms with E-state index in [0.29, 0.717) is 36.0 Å². The highest BCUT2D eigenvalue weighted by molar-refractivity contribution is 7.99. The zero-order valence-electron chi connectivity index (χ0n) is 14.6. The lowest BCUT2D eigenvalue weighted by Gasteiger charge is -2.16. The summed E-state index contributed by atoms with van der Waals surface area (Å²) in [5.74, 6) is 0.140. The molecule has 136 valence electrons. The number of hydrogen-bond acceptors (Lipinski definition) is 5. The van der Waals surface area contributed by atoms with E-state index in [1.54, 1.807) is 17.0 Å². The summed E-state index contributed by atoms with van der Waals surface area (Å²) in [6.07, 6.45) is 0.881. The SMILES string of the molecule is Cc1ccc(Sc2ccc(C(=O)N3CCC(CN)C3)cc2[N+](=O)[O-])cc1. The fourth-order valence-electron chi connectivity index (χ4n) is 3.00. The summed E-state index contributed by atoms with van der Waals surface area (Å²) in [6.45, 7) is 3.80. The topological polar surface area (TPSA) is 89.5 Å². The molecule has 0 bridgehead atoms. The molecule has 1 atom stereocenters. The van der Waals surface area contributed by atoms with Crippen molar-refractivity contribution in [3.8, 4) is 0 Å². The number of nitrogens with two attached hydrogens (primary N) is 1. The van der Waals surface area contributed by atoms with Crippen LogP contribution in [0.1, 0.15) is 22.3 Å². The van der Waals surface area contributed by atoms with Crippen LogP contribution in [0, 0.1) is 23.0 Å². The Kier molecular flexibility index (Phi) is 5.58. The molecule has 3 rings (SSSR count). The van der Waals surface area contributed by atoms with Crippen molar-refractivity contribution in [2.45, 2.75) is 23.1 Å². The van der Waals surface area contributed by atoms with Crippen molar-refractivity contribution in [1.29, 1.82) is 0 Å². The van der Waals surface area contributed by atoms with Crippen LogP contribution in [0.4, 0.5) is 5.69 Å². The van der Waals surface area contributed by atoms with Crippen LogP contribution in [0.25, 0.3) is 0 Å². The van der Waals surface area contributed by atoms with Crippen molar-refractivity contribution in [3.63, 3.8) is 0 Å². The molecule has 0 spiro atoms. The first-order chi connectivity index (χ1) is 12.5. The number of nitrogens with zero attached hydrogens (tertiary/aromatic N) is 2. The van der Waals surface area contributed by atoms with Crippen molar-refractivity contribution >= 4 is 23.4 Å². The van der Waals surface area contributed by atoms with Gasteiger partial charge in [-0.25, -0.2) is 0 Å². The van der Waals surface area contributed by atoms with Gasteiger partial charge < -0.3 is 10.6 Å². The Morgan fingerprint density at radius 1 is 1.31 bits per heavy atom. The molecule has 1 amide bonds. The van der Waals surface area contributed by atoms with Crippen LogP contribution in [0.3, 0.4) is 0 Å². The van der Waals surface area contributed by atoms with Gasteiger partial charge in [0, 0.05) is 29.6 Å². The van der Waals surface area contributed by atoms with Gasteiger partial charge in [-0.15, -0.1) is 0 Å². The third-order valence-electron chi connectivity index (χ3n) is 4.56. The third kappa shape index (κ3) is 4.05. The normalized spacial score (nSPS) is 16.7. The largest absolute Gasteiger partial charge is 0.338 e. The zero-order valence-corrected chi connectivity index (χ0v) is 15.4. The highest BCUT2D eigenvalue weighted by Gasteiger charge is 2.27. The fourth-order valence-corrected chi connectivity index (χ4v) is 3.90. The predicted molar refractivity (Wildman–Crippen MR) is 101 cm³/mol. The Labute approximate surface area is 156 Å². The summed E-state index contributed by atoms with van der Waals surface area (Å²) in [7, 11) is 0. The van der Waals surface area contributed by atoms with Gasteiger partial charge in [-0.3, -0.25) is 14.9 Å². The van der Waals surface area contributed by atoms with Crippen molar-refractivity contribution in [3.05, 3.63) is 63.7 Å². The maximum atomic E-state index is 12.6. The Hall–Kier alpha value is -2.38. The molecule has 2 N–H and O–H groups in total. The van der Waals surface area contributed by atoms with Gasteiger partial charge in [0.2, 0.25) is 0 Å². The number of amides is 1. The second-order valence-corrected chi connectivity index (χ2v) is 7.61. The smallest absolute Gasteiger partial charge is 0.284 e. The second-order valence-electron chi connectivity index (χ2n) is 6.50. The van der Waals surface area contributed by atoms with E-state index in [0.717, 1.165) is 16.9 Å². The number of carbonyl (C=O) groups is 1. The average Bonchev–Trinajstić information content (AvgIpc) is 3.12. The number of carbonyl (C=O) groups excluding carboxylic acids is 1. The van der Waals surface area contributed by atoms with E-state index >= 15 is 0 Å². The number of nitro benzene ring substituents is 1. The van der Waals surface area contributed by atoms with E-state index in [-0.39, 0.29) is 11.6 Å². The lowest BCUT2D eigenvalue weighted by Crippen LogP contribution is -2.29. The van der Waals surface area contributed by atoms with Crippen molar-refractivity contribution < 1.29 is 9.72 Å². The lowest BCUT2D eigenvalue weighted by atomic mass is 10.1. The highest BCUT2D eigenvalue weighted by Crippen LogP contribution is 2.35. The average molecular weight is 371 g/mol. The van der Waals surface area contributed by atoms with Gasteiger partial charge in [-0.05, 0) is 50.1 Å². The molecule has 2 aromatic rings. The van der Waals surface area contributed by atoms with E-state index in [9.17, 15) is 14.9 Å². The molecule has 2 aromatic carbocycles. The van der Waals surface area contributed by atoms with Crippen LogP contribution in [-0.2, 0) is 0 Å². The fraction of sp³-hybridized carbons (Fsp3) is 0.316. The van der Waals surface area contributed by atoms with Crippen LogP contribution in [-0.4, -0.2) is 35.4 Å². The van der Waals surface area contributed by atoms with Crippen LogP contribution in [0.15, 0.2) is 52.3 Å². The Bertz CT molecular complexity index is 823. The molecule has 0 radical (unpaired) electrons. The maximum absolute atomic E-state index is 12.6. The molecule has 1 saturated heterocycles.